The lowest BCUT2D eigenvalue weighted by Gasteiger charge is -2.11. The Morgan fingerprint density at radius 2 is 2.06 bits per heavy atom. The first-order valence-electron chi connectivity index (χ1n) is 4.98. The van der Waals surface area contributed by atoms with Crippen molar-refractivity contribution in [2.45, 2.75) is 4.90 Å². The van der Waals surface area contributed by atoms with Crippen LogP contribution in [0.4, 0.5) is 0 Å². The van der Waals surface area contributed by atoms with Crippen LogP contribution in [0.3, 0.4) is 0 Å². The van der Waals surface area contributed by atoms with Crippen LogP contribution < -0.4 is 0 Å². The number of aromatic amines is 1. The predicted octanol–water partition coefficient (Wildman–Crippen LogP) is 0.511. The Hall–Kier alpha value is -1.93. The molecule has 96 valence electrons. The molecule has 0 aliphatic carbocycles. The van der Waals surface area contributed by atoms with Gasteiger partial charge in [0.05, 0.1) is 5.52 Å². The number of carbonyl (C=O) groups is 1. The van der Waals surface area contributed by atoms with Gasteiger partial charge in [0.25, 0.3) is 0 Å². The number of aromatic carboxylic acids is 1. The van der Waals surface area contributed by atoms with Crippen molar-refractivity contribution in [1.82, 2.24) is 14.3 Å². The predicted molar refractivity (Wildman–Crippen MR) is 63.9 cm³/mol. The summed E-state index contributed by atoms with van der Waals surface area (Å²) in [6.07, 6.45) is 0. The van der Waals surface area contributed by atoms with Crippen LogP contribution in [0.25, 0.3) is 11.0 Å². The molecule has 2 rings (SSSR count). The molecule has 7 nitrogen and oxygen atoms in total. The number of sulfonamides is 1. The molecule has 2 aromatic rings. The summed E-state index contributed by atoms with van der Waals surface area (Å²) in [5.74, 6) is -1.52. The highest BCUT2D eigenvalue weighted by atomic mass is 32.2. The third-order valence-corrected chi connectivity index (χ3v) is 4.28. The minimum atomic E-state index is -3.66. The van der Waals surface area contributed by atoms with Crippen molar-refractivity contribution >= 4 is 27.0 Å². The molecule has 1 aromatic heterocycles. The van der Waals surface area contributed by atoms with Crippen molar-refractivity contribution in [3.8, 4) is 0 Å². The second-order valence-corrected chi connectivity index (χ2v) is 5.95. The van der Waals surface area contributed by atoms with E-state index in [9.17, 15) is 13.2 Å². The van der Waals surface area contributed by atoms with Crippen molar-refractivity contribution in [1.29, 1.82) is 0 Å². The molecule has 18 heavy (non-hydrogen) atoms. The van der Waals surface area contributed by atoms with Crippen LogP contribution in [0.1, 0.15) is 10.6 Å². The van der Waals surface area contributed by atoms with Gasteiger partial charge >= 0.3 is 5.97 Å². The topological polar surface area (TPSA) is 103 Å². The quantitative estimate of drug-likeness (QED) is 0.845. The van der Waals surface area contributed by atoms with Crippen LogP contribution in [0.5, 0.6) is 0 Å². The summed E-state index contributed by atoms with van der Waals surface area (Å²) in [5.41, 5.74) is 0.499. The van der Waals surface area contributed by atoms with E-state index in [0.717, 1.165) is 4.31 Å². The van der Waals surface area contributed by atoms with Gasteiger partial charge in [0.1, 0.15) is 10.4 Å². The molecule has 0 aliphatic rings. The van der Waals surface area contributed by atoms with Crippen molar-refractivity contribution in [2.24, 2.45) is 0 Å². The third-order valence-electron chi connectivity index (χ3n) is 2.44. The molecule has 0 spiro atoms. The van der Waals surface area contributed by atoms with Gasteiger partial charge in [0.15, 0.2) is 0 Å². The molecule has 0 aliphatic heterocycles. The van der Waals surface area contributed by atoms with Crippen LogP contribution in [-0.2, 0) is 10.0 Å². The van der Waals surface area contributed by atoms with E-state index >= 15 is 0 Å². The second kappa shape index (κ2) is 4.07. The van der Waals surface area contributed by atoms with Crippen LogP contribution in [-0.4, -0.2) is 47.9 Å². The normalized spacial score (nSPS) is 12.2. The van der Waals surface area contributed by atoms with E-state index in [0.29, 0.717) is 5.52 Å². The maximum atomic E-state index is 12.0. The summed E-state index contributed by atoms with van der Waals surface area (Å²) in [5, 5.41) is 8.84. The first-order chi connectivity index (χ1) is 8.34. The Kier molecular flexibility index (Phi) is 2.83. The first kappa shape index (κ1) is 12.5. The monoisotopic (exact) mass is 269 g/mol. The Labute approximate surface area is 103 Å². The number of hydrogen-bond acceptors (Lipinski definition) is 4. The molecular weight excluding hydrogens is 258 g/mol. The Morgan fingerprint density at radius 3 is 2.61 bits per heavy atom. The number of hydrogen-bond donors (Lipinski definition) is 2. The lowest BCUT2D eigenvalue weighted by molar-refractivity contribution is 0.0685. The van der Waals surface area contributed by atoms with Crippen molar-refractivity contribution < 1.29 is 18.3 Å². The second-order valence-electron chi connectivity index (χ2n) is 3.83. The van der Waals surface area contributed by atoms with E-state index in [2.05, 4.69) is 9.97 Å². The van der Waals surface area contributed by atoms with Gasteiger partial charge in [-0.25, -0.2) is 22.5 Å². The summed E-state index contributed by atoms with van der Waals surface area (Å²) in [6, 6.07) is 4.50. The molecule has 0 bridgehead atoms. The van der Waals surface area contributed by atoms with E-state index < -0.39 is 16.0 Å². The van der Waals surface area contributed by atoms with Crippen LogP contribution in [0.2, 0.25) is 0 Å². The van der Waals surface area contributed by atoms with E-state index in [-0.39, 0.29) is 16.2 Å². The number of nitrogens with one attached hydrogen (secondary N) is 1. The maximum Gasteiger partial charge on any atom is 0.371 e. The summed E-state index contributed by atoms with van der Waals surface area (Å²) in [6.45, 7) is 0. The summed E-state index contributed by atoms with van der Waals surface area (Å²) < 4.78 is 25.2. The summed E-state index contributed by atoms with van der Waals surface area (Å²) in [7, 11) is -0.855. The highest BCUT2D eigenvalue weighted by molar-refractivity contribution is 7.89. The van der Waals surface area contributed by atoms with E-state index in [1.807, 2.05) is 0 Å². The van der Waals surface area contributed by atoms with Gasteiger partial charge in [-0.15, -0.1) is 0 Å². The Bertz CT molecular complexity index is 718. The molecule has 8 heteroatoms. The van der Waals surface area contributed by atoms with Crippen molar-refractivity contribution in [3.63, 3.8) is 0 Å². The van der Waals surface area contributed by atoms with Crippen LogP contribution in [0, 0.1) is 0 Å². The standard InChI is InChI=1S/C10H11N3O4S/c1-13(2)18(16,17)7-5-3-4-6-8(7)12-9(11-6)10(14)15/h3-5H,1-2H3,(H,11,12)(H,14,15). The highest BCUT2D eigenvalue weighted by Crippen LogP contribution is 2.22. The number of nitrogens with zero attached hydrogens (tertiary/aromatic N) is 2. The summed E-state index contributed by atoms with van der Waals surface area (Å²) in [4.78, 5) is 17.1. The fourth-order valence-electron chi connectivity index (χ4n) is 1.51. The molecule has 0 fully saturated rings. The lowest BCUT2D eigenvalue weighted by Crippen LogP contribution is -2.22. The van der Waals surface area contributed by atoms with Crippen molar-refractivity contribution in [3.05, 3.63) is 24.0 Å². The smallest absolute Gasteiger partial charge is 0.371 e. The molecule has 1 aromatic carbocycles. The number of rotatable bonds is 3. The molecule has 0 saturated heterocycles. The molecule has 0 radical (unpaired) electrons. The van der Waals surface area contributed by atoms with E-state index in [1.54, 1.807) is 6.07 Å². The molecule has 0 amide bonds. The number of carboxylic acids is 1. The highest BCUT2D eigenvalue weighted by Gasteiger charge is 2.23. The fourth-order valence-corrected chi connectivity index (χ4v) is 2.56. The Morgan fingerprint density at radius 1 is 1.39 bits per heavy atom. The van der Waals surface area contributed by atoms with Gasteiger partial charge in [-0.05, 0) is 12.1 Å². The molecule has 1 heterocycles. The maximum absolute atomic E-state index is 12.0. The van der Waals surface area contributed by atoms with Gasteiger partial charge in [0.2, 0.25) is 15.8 Å². The number of benzene rings is 1. The van der Waals surface area contributed by atoms with Crippen LogP contribution >= 0.6 is 0 Å². The summed E-state index contributed by atoms with van der Waals surface area (Å²) >= 11 is 0. The number of aromatic nitrogens is 2. The van der Waals surface area contributed by atoms with Crippen molar-refractivity contribution in [2.75, 3.05) is 14.1 Å². The van der Waals surface area contributed by atoms with Gasteiger partial charge in [-0.1, -0.05) is 6.07 Å². The van der Waals surface area contributed by atoms with E-state index in [1.165, 1.54) is 26.2 Å². The number of fused-ring (bicyclic) bond motifs is 1. The largest absolute Gasteiger partial charge is 0.475 e. The Balaban J connectivity index is 2.77. The molecule has 2 N–H and O–H groups in total. The SMILES string of the molecule is CN(C)S(=O)(=O)c1cccc2[nH]c(C(=O)O)nc12. The minimum absolute atomic E-state index is 0.0197. The van der Waals surface area contributed by atoms with Gasteiger partial charge < -0.3 is 10.1 Å². The average molecular weight is 269 g/mol. The fraction of sp³-hybridized carbons (Fsp3) is 0.200. The van der Waals surface area contributed by atoms with Gasteiger partial charge in [0, 0.05) is 14.1 Å². The zero-order chi connectivity index (χ0) is 13.5. The average Bonchev–Trinajstić information content (AvgIpc) is 2.71. The zero-order valence-electron chi connectivity index (χ0n) is 9.71. The van der Waals surface area contributed by atoms with Crippen LogP contribution in [0.15, 0.2) is 23.1 Å². The molecular formula is C10H11N3O4S. The van der Waals surface area contributed by atoms with E-state index in [4.69, 9.17) is 5.11 Å². The minimum Gasteiger partial charge on any atom is -0.475 e. The number of H-pyrrole nitrogens is 1. The number of imidazole rings is 1. The first-order valence-corrected chi connectivity index (χ1v) is 6.42. The number of carboxylic acid groups (broad SMARTS) is 1. The van der Waals surface area contributed by atoms with Gasteiger partial charge in [-0.3, -0.25) is 0 Å². The lowest BCUT2D eigenvalue weighted by atomic mass is 10.3. The molecule has 0 unspecified atom stereocenters. The van der Waals surface area contributed by atoms with Gasteiger partial charge in [-0.2, -0.15) is 0 Å². The molecule has 0 saturated carbocycles. The third kappa shape index (κ3) is 1.85. The molecule has 0 atom stereocenters. The zero-order valence-corrected chi connectivity index (χ0v) is 10.5. The number of para-hydroxylation sites is 1.